The van der Waals surface area contributed by atoms with Crippen molar-refractivity contribution in [1.29, 1.82) is 0 Å². The summed E-state index contributed by atoms with van der Waals surface area (Å²) in [5.41, 5.74) is 4.01. The van der Waals surface area contributed by atoms with Crippen LogP contribution in [0.2, 0.25) is 0 Å². The van der Waals surface area contributed by atoms with Gasteiger partial charge in [-0.25, -0.2) is 19.3 Å². The van der Waals surface area contributed by atoms with E-state index in [-0.39, 0.29) is 5.82 Å². The van der Waals surface area contributed by atoms with Crippen LogP contribution in [0.5, 0.6) is 0 Å². The van der Waals surface area contributed by atoms with E-state index >= 15 is 0 Å². The molecule has 160 valence electrons. The zero-order valence-corrected chi connectivity index (χ0v) is 17.5. The van der Waals surface area contributed by atoms with Gasteiger partial charge in [-0.2, -0.15) is 10.2 Å². The van der Waals surface area contributed by atoms with Gasteiger partial charge in [0.1, 0.15) is 35.1 Å². The van der Waals surface area contributed by atoms with Crippen molar-refractivity contribution in [3.63, 3.8) is 0 Å². The number of H-pyrrole nitrogens is 1. The maximum atomic E-state index is 14.7. The Bertz CT molecular complexity index is 1470. The predicted octanol–water partition coefficient (Wildman–Crippen LogP) is 3.42. The van der Waals surface area contributed by atoms with Crippen molar-refractivity contribution in [1.82, 2.24) is 34.9 Å². The van der Waals surface area contributed by atoms with Gasteiger partial charge in [0.25, 0.3) is 0 Å². The molecular weight excluding hydrogens is 411 g/mol. The van der Waals surface area contributed by atoms with E-state index in [9.17, 15) is 4.39 Å². The molecule has 0 amide bonds. The molecule has 0 bridgehead atoms. The summed E-state index contributed by atoms with van der Waals surface area (Å²) in [5, 5.41) is 12.3. The van der Waals surface area contributed by atoms with Gasteiger partial charge in [-0.15, -0.1) is 0 Å². The zero-order valence-electron chi connectivity index (χ0n) is 17.5. The molecule has 6 rings (SSSR count). The molecule has 1 aliphatic rings. The van der Waals surface area contributed by atoms with E-state index in [2.05, 4.69) is 35.1 Å². The summed E-state index contributed by atoms with van der Waals surface area (Å²) >= 11 is 0. The first kappa shape index (κ1) is 18.7. The third kappa shape index (κ3) is 3.03. The van der Waals surface area contributed by atoms with Crippen LogP contribution >= 0.6 is 0 Å². The smallest absolute Gasteiger partial charge is 0.191 e. The minimum Gasteiger partial charge on any atom is -0.446 e. The first-order valence-electron chi connectivity index (χ1n) is 10.2. The van der Waals surface area contributed by atoms with Crippen molar-refractivity contribution in [2.45, 2.75) is 19.9 Å². The second kappa shape index (κ2) is 6.98. The van der Waals surface area contributed by atoms with Crippen LogP contribution < -0.4 is 4.90 Å². The summed E-state index contributed by atoms with van der Waals surface area (Å²) in [4.78, 5) is 15.5. The number of oxazole rings is 1. The number of aromatic amines is 1. The Hall–Kier alpha value is -4.08. The number of hydrogen-bond acceptors (Lipinski definition) is 7. The van der Waals surface area contributed by atoms with Gasteiger partial charge >= 0.3 is 0 Å². The summed E-state index contributed by atoms with van der Waals surface area (Å²) < 4.78 is 22.0. The Labute approximate surface area is 181 Å². The topological polar surface area (TPSA) is 102 Å². The van der Waals surface area contributed by atoms with Gasteiger partial charge in [0.2, 0.25) is 0 Å². The van der Waals surface area contributed by atoms with Gasteiger partial charge in [0.05, 0.1) is 24.0 Å². The van der Waals surface area contributed by atoms with E-state index in [0.717, 1.165) is 35.6 Å². The van der Waals surface area contributed by atoms with Gasteiger partial charge in [0.15, 0.2) is 5.89 Å². The van der Waals surface area contributed by atoms with Crippen LogP contribution in [-0.4, -0.2) is 41.5 Å². The van der Waals surface area contributed by atoms with E-state index in [1.165, 1.54) is 12.4 Å². The number of rotatable bonds is 3. The Morgan fingerprint density at radius 3 is 2.94 bits per heavy atom. The molecule has 0 atom stereocenters. The highest BCUT2D eigenvalue weighted by Crippen LogP contribution is 2.33. The number of fused-ring (bicyclic) bond motifs is 2. The molecule has 1 N–H and O–H groups in total. The lowest BCUT2D eigenvalue weighted by molar-refractivity contribution is 0.463. The molecule has 4 aromatic heterocycles. The van der Waals surface area contributed by atoms with Crippen molar-refractivity contribution >= 4 is 16.7 Å². The van der Waals surface area contributed by atoms with Gasteiger partial charge in [-0.3, -0.25) is 9.78 Å². The summed E-state index contributed by atoms with van der Waals surface area (Å²) in [6, 6.07) is 5.14. The lowest BCUT2D eigenvalue weighted by Gasteiger charge is -2.26. The normalized spacial score (nSPS) is 13.7. The van der Waals surface area contributed by atoms with Crippen LogP contribution in [-0.2, 0) is 20.0 Å². The van der Waals surface area contributed by atoms with Crippen LogP contribution in [0.4, 0.5) is 10.2 Å². The van der Waals surface area contributed by atoms with Crippen molar-refractivity contribution in [3.05, 3.63) is 60.1 Å². The Balaban J connectivity index is 1.39. The highest BCUT2D eigenvalue weighted by molar-refractivity contribution is 5.95. The van der Waals surface area contributed by atoms with E-state index < -0.39 is 0 Å². The monoisotopic (exact) mass is 430 g/mol. The quantitative estimate of drug-likeness (QED) is 0.468. The van der Waals surface area contributed by atoms with E-state index in [1.807, 2.05) is 13.0 Å². The Morgan fingerprint density at radius 1 is 1.19 bits per heavy atom. The summed E-state index contributed by atoms with van der Waals surface area (Å²) in [6.45, 7) is 3.26. The minimum atomic E-state index is -0.337. The van der Waals surface area contributed by atoms with Crippen molar-refractivity contribution in [2.24, 2.45) is 7.05 Å². The molecule has 5 aromatic rings. The SMILES string of the molecule is Cc1nc2c(o1)CCN(c1cc(-c3n[nH]c4cc(F)c(-c5cnn(C)c5)cc34)ncn1)C2. The van der Waals surface area contributed by atoms with Gasteiger partial charge < -0.3 is 9.32 Å². The number of aromatic nitrogens is 7. The molecule has 0 spiro atoms. The minimum absolute atomic E-state index is 0.337. The lowest BCUT2D eigenvalue weighted by atomic mass is 10.0. The van der Waals surface area contributed by atoms with Crippen LogP contribution in [0.15, 0.2) is 41.3 Å². The highest BCUT2D eigenvalue weighted by atomic mass is 19.1. The van der Waals surface area contributed by atoms with Gasteiger partial charge in [0, 0.05) is 61.8 Å². The molecule has 9 nitrogen and oxygen atoms in total. The molecule has 0 saturated carbocycles. The fourth-order valence-electron chi connectivity index (χ4n) is 4.19. The number of anilines is 1. The maximum Gasteiger partial charge on any atom is 0.191 e. The maximum absolute atomic E-state index is 14.7. The molecule has 0 aliphatic carbocycles. The average Bonchev–Trinajstić information content (AvgIpc) is 3.49. The third-order valence-corrected chi connectivity index (χ3v) is 5.72. The standard InChI is InChI=1S/C22H19FN8O/c1-12-27-19-10-31(4-3-20(19)32-12)21-7-18(24-11-25-21)22-15-5-14(13-8-26-30(2)9-13)16(23)6-17(15)28-29-22/h5-9,11H,3-4,10H2,1-2H3,(H,28,29). The zero-order chi connectivity index (χ0) is 21.8. The van der Waals surface area contributed by atoms with Crippen LogP contribution in [0, 0.1) is 12.7 Å². The van der Waals surface area contributed by atoms with E-state index in [1.54, 1.807) is 30.2 Å². The number of hydrogen-bond donors (Lipinski definition) is 1. The number of nitrogens with one attached hydrogen (secondary N) is 1. The number of benzene rings is 1. The second-order valence-corrected chi connectivity index (χ2v) is 7.89. The molecule has 10 heteroatoms. The van der Waals surface area contributed by atoms with Crippen molar-refractivity contribution < 1.29 is 8.81 Å². The molecule has 0 fully saturated rings. The summed E-state index contributed by atoms with van der Waals surface area (Å²) in [6.07, 6.45) is 5.72. The van der Waals surface area contributed by atoms with E-state index in [4.69, 9.17) is 4.42 Å². The Kier molecular flexibility index (Phi) is 4.07. The third-order valence-electron chi connectivity index (χ3n) is 5.72. The molecule has 1 aliphatic heterocycles. The first-order chi connectivity index (χ1) is 15.5. The van der Waals surface area contributed by atoms with Crippen LogP contribution in [0.1, 0.15) is 17.3 Å². The lowest BCUT2D eigenvalue weighted by Crippen LogP contribution is -2.30. The number of aryl methyl sites for hydroxylation is 2. The van der Waals surface area contributed by atoms with Crippen LogP contribution in [0.3, 0.4) is 0 Å². The molecule has 5 heterocycles. The van der Waals surface area contributed by atoms with Crippen LogP contribution in [0.25, 0.3) is 33.4 Å². The average molecular weight is 430 g/mol. The largest absolute Gasteiger partial charge is 0.446 e. The molecule has 32 heavy (non-hydrogen) atoms. The second-order valence-electron chi connectivity index (χ2n) is 7.89. The summed E-state index contributed by atoms with van der Waals surface area (Å²) in [5.74, 6) is 2.07. The molecule has 1 aromatic carbocycles. The molecular formula is C22H19FN8O. The predicted molar refractivity (Wildman–Crippen MR) is 115 cm³/mol. The summed E-state index contributed by atoms with van der Waals surface area (Å²) in [7, 11) is 1.80. The number of nitrogens with zero attached hydrogens (tertiary/aromatic N) is 7. The Morgan fingerprint density at radius 2 is 2.09 bits per heavy atom. The molecule has 0 saturated heterocycles. The van der Waals surface area contributed by atoms with Crippen molar-refractivity contribution in [3.8, 4) is 22.5 Å². The fraction of sp³-hybridized carbons (Fsp3) is 0.227. The fourth-order valence-corrected chi connectivity index (χ4v) is 4.19. The molecule has 0 unspecified atom stereocenters. The number of halogens is 1. The van der Waals surface area contributed by atoms with Gasteiger partial charge in [-0.1, -0.05) is 0 Å². The van der Waals surface area contributed by atoms with Gasteiger partial charge in [-0.05, 0) is 6.07 Å². The molecule has 0 radical (unpaired) electrons. The first-order valence-corrected chi connectivity index (χ1v) is 10.2. The van der Waals surface area contributed by atoms with E-state index in [0.29, 0.717) is 40.5 Å². The highest BCUT2D eigenvalue weighted by Gasteiger charge is 2.23. The van der Waals surface area contributed by atoms with Crippen molar-refractivity contribution in [2.75, 3.05) is 11.4 Å².